The third-order valence-corrected chi connectivity index (χ3v) is 5.22. The first-order chi connectivity index (χ1) is 11.5. The molecule has 0 aliphatic carbocycles. The molecule has 2 aromatic heterocycles. The summed E-state index contributed by atoms with van der Waals surface area (Å²) in [5.74, 6) is 0. The van der Waals surface area contributed by atoms with Crippen LogP contribution in [0.5, 0.6) is 0 Å². The fourth-order valence-electron chi connectivity index (χ4n) is 3.36. The van der Waals surface area contributed by atoms with Gasteiger partial charge in [-0.3, -0.25) is 4.98 Å². The Morgan fingerprint density at radius 2 is 2.12 bits per heavy atom. The lowest BCUT2D eigenvalue weighted by Gasteiger charge is -2.27. The van der Waals surface area contributed by atoms with E-state index in [1.807, 2.05) is 18.3 Å². The number of pyridine rings is 1. The van der Waals surface area contributed by atoms with Crippen molar-refractivity contribution < 1.29 is 4.74 Å². The summed E-state index contributed by atoms with van der Waals surface area (Å²) < 4.78 is 7.51. The van der Waals surface area contributed by atoms with E-state index in [-0.39, 0.29) is 12.1 Å². The minimum Gasteiger partial charge on any atom is -0.383 e. The second-order valence-corrected chi connectivity index (χ2v) is 6.58. The molecular formula is C18H24N4OS. The van der Waals surface area contributed by atoms with Crippen LogP contribution < -0.4 is 5.32 Å². The molecule has 1 aliphatic rings. The lowest BCUT2D eigenvalue weighted by atomic mass is 9.97. The van der Waals surface area contributed by atoms with Gasteiger partial charge in [0, 0.05) is 38.3 Å². The third-order valence-electron chi connectivity index (χ3n) is 4.87. The van der Waals surface area contributed by atoms with Crippen LogP contribution in [0.1, 0.15) is 34.7 Å². The van der Waals surface area contributed by atoms with Crippen molar-refractivity contribution in [3.63, 3.8) is 0 Å². The van der Waals surface area contributed by atoms with E-state index in [1.165, 1.54) is 17.0 Å². The largest absolute Gasteiger partial charge is 0.383 e. The van der Waals surface area contributed by atoms with Crippen LogP contribution in [-0.4, -0.2) is 39.8 Å². The van der Waals surface area contributed by atoms with E-state index in [2.05, 4.69) is 52.8 Å². The molecule has 3 rings (SSSR count). The van der Waals surface area contributed by atoms with Crippen LogP contribution in [0.4, 0.5) is 0 Å². The molecule has 0 aromatic carbocycles. The van der Waals surface area contributed by atoms with E-state index in [4.69, 9.17) is 17.0 Å². The first-order valence-electron chi connectivity index (χ1n) is 8.14. The van der Waals surface area contributed by atoms with Gasteiger partial charge in [0.05, 0.1) is 24.4 Å². The number of aryl methyl sites for hydroxylation is 1. The van der Waals surface area contributed by atoms with Crippen LogP contribution in [0.15, 0.2) is 30.5 Å². The highest BCUT2D eigenvalue weighted by Gasteiger charge is 2.40. The summed E-state index contributed by atoms with van der Waals surface area (Å²) in [7, 11) is 3.82. The average molecular weight is 344 g/mol. The molecule has 0 radical (unpaired) electrons. The SMILES string of the molecule is COCCN1C(=S)N[C@@H](c2ccccn2)[C@H]1c1cc(C)n(C)c1C. The smallest absolute Gasteiger partial charge is 0.170 e. The zero-order valence-corrected chi connectivity index (χ0v) is 15.4. The molecule has 0 amide bonds. The molecule has 3 heterocycles. The van der Waals surface area contributed by atoms with E-state index in [1.54, 1.807) is 7.11 Å². The Hall–Kier alpha value is -1.92. The summed E-state index contributed by atoms with van der Waals surface area (Å²) in [5.41, 5.74) is 4.79. The van der Waals surface area contributed by atoms with E-state index in [0.717, 1.165) is 17.4 Å². The first kappa shape index (κ1) is 16.9. The quantitative estimate of drug-likeness (QED) is 0.845. The highest BCUT2D eigenvalue weighted by atomic mass is 32.1. The van der Waals surface area contributed by atoms with Gasteiger partial charge < -0.3 is 19.5 Å². The summed E-state index contributed by atoms with van der Waals surface area (Å²) in [6.45, 7) is 5.68. The molecule has 1 N–H and O–H groups in total. The van der Waals surface area contributed by atoms with Crippen LogP contribution in [0.3, 0.4) is 0 Å². The molecule has 2 aromatic rings. The summed E-state index contributed by atoms with van der Waals surface area (Å²) in [6.07, 6.45) is 1.83. The van der Waals surface area contributed by atoms with Crippen molar-refractivity contribution in [2.75, 3.05) is 20.3 Å². The topological polar surface area (TPSA) is 42.3 Å². The van der Waals surface area contributed by atoms with Crippen LogP contribution >= 0.6 is 12.2 Å². The highest BCUT2D eigenvalue weighted by Crippen LogP contribution is 2.40. The predicted molar refractivity (Wildman–Crippen MR) is 98.9 cm³/mol. The molecule has 0 unspecified atom stereocenters. The number of rotatable bonds is 5. The third kappa shape index (κ3) is 2.91. The predicted octanol–water partition coefficient (Wildman–Crippen LogP) is 2.66. The number of nitrogens with one attached hydrogen (secondary N) is 1. The zero-order chi connectivity index (χ0) is 17.3. The van der Waals surface area contributed by atoms with Gasteiger partial charge in [-0.25, -0.2) is 0 Å². The van der Waals surface area contributed by atoms with Crippen molar-refractivity contribution in [2.24, 2.45) is 7.05 Å². The minimum atomic E-state index is 0.0380. The standard InChI is InChI=1S/C18H24N4OS/c1-12-11-14(13(2)21(12)3)17-16(15-7-5-6-8-19-15)20-18(24)22(17)9-10-23-4/h5-8,11,16-17H,9-10H2,1-4H3,(H,20,24)/t16-,17+/m0/s1. The molecule has 6 heteroatoms. The normalized spacial score (nSPS) is 20.5. The van der Waals surface area contributed by atoms with Crippen molar-refractivity contribution in [1.82, 2.24) is 19.8 Å². The summed E-state index contributed by atoms with van der Waals surface area (Å²) in [5, 5.41) is 4.22. The number of aromatic nitrogens is 2. The average Bonchev–Trinajstić information content (AvgIpc) is 3.05. The van der Waals surface area contributed by atoms with Crippen molar-refractivity contribution in [2.45, 2.75) is 25.9 Å². The number of thiocarbonyl (C=S) groups is 1. The molecule has 1 saturated heterocycles. The van der Waals surface area contributed by atoms with E-state index < -0.39 is 0 Å². The van der Waals surface area contributed by atoms with Gasteiger partial charge in [0.2, 0.25) is 0 Å². The number of ether oxygens (including phenoxy) is 1. The van der Waals surface area contributed by atoms with Gasteiger partial charge in [0.15, 0.2) is 5.11 Å². The summed E-state index contributed by atoms with van der Waals surface area (Å²) in [4.78, 5) is 6.78. The fourth-order valence-corrected chi connectivity index (χ4v) is 3.69. The van der Waals surface area contributed by atoms with E-state index >= 15 is 0 Å². The highest BCUT2D eigenvalue weighted by molar-refractivity contribution is 7.80. The summed E-state index contributed by atoms with van der Waals surface area (Å²) in [6, 6.07) is 8.42. The van der Waals surface area contributed by atoms with Crippen molar-refractivity contribution in [1.29, 1.82) is 0 Å². The van der Waals surface area contributed by atoms with Gasteiger partial charge in [-0.1, -0.05) is 6.07 Å². The molecule has 0 saturated carbocycles. The monoisotopic (exact) mass is 344 g/mol. The lowest BCUT2D eigenvalue weighted by molar-refractivity contribution is 0.164. The molecule has 128 valence electrons. The Labute approximate surface area is 148 Å². The Balaban J connectivity index is 2.05. The van der Waals surface area contributed by atoms with Gasteiger partial charge in [0.1, 0.15) is 0 Å². The maximum absolute atomic E-state index is 5.62. The molecule has 1 fully saturated rings. The molecule has 5 nitrogen and oxygen atoms in total. The van der Waals surface area contributed by atoms with Crippen molar-refractivity contribution >= 4 is 17.3 Å². The minimum absolute atomic E-state index is 0.0380. The molecule has 0 bridgehead atoms. The Kier molecular flexibility index (Phi) is 4.87. The lowest BCUT2D eigenvalue weighted by Crippen LogP contribution is -2.32. The number of methoxy groups -OCH3 is 1. The summed E-state index contributed by atoms with van der Waals surface area (Å²) >= 11 is 5.62. The number of nitrogens with zero attached hydrogens (tertiary/aromatic N) is 3. The molecule has 2 atom stereocenters. The molecule has 24 heavy (non-hydrogen) atoms. The van der Waals surface area contributed by atoms with E-state index in [9.17, 15) is 0 Å². The molecular weight excluding hydrogens is 320 g/mol. The Bertz CT molecular complexity index is 728. The molecule has 0 spiro atoms. The zero-order valence-electron chi connectivity index (χ0n) is 14.6. The van der Waals surface area contributed by atoms with Gasteiger partial charge in [0.25, 0.3) is 0 Å². The Morgan fingerprint density at radius 1 is 1.33 bits per heavy atom. The Morgan fingerprint density at radius 3 is 2.71 bits per heavy atom. The van der Waals surface area contributed by atoms with E-state index in [0.29, 0.717) is 6.61 Å². The number of hydrogen-bond acceptors (Lipinski definition) is 3. The van der Waals surface area contributed by atoms with Crippen molar-refractivity contribution in [3.05, 3.63) is 53.1 Å². The van der Waals surface area contributed by atoms with Crippen LogP contribution in [0, 0.1) is 13.8 Å². The first-order valence-corrected chi connectivity index (χ1v) is 8.55. The van der Waals surface area contributed by atoms with Crippen LogP contribution in [0.25, 0.3) is 0 Å². The van der Waals surface area contributed by atoms with Gasteiger partial charge in [-0.05, 0) is 49.8 Å². The van der Waals surface area contributed by atoms with Crippen LogP contribution in [-0.2, 0) is 11.8 Å². The van der Waals surface area contributed by atoms with Gasteiger partial charge in [-0.15, -0.1) is 0 Å². The van der Waals surface area contributed by atoms with Crippen LogP contribution in [0.2, 0.25) is 0 Å². The second-order valence-electron chi connectivity index (χ2n) is 6.20. The van der Waals surface area contributed by atoms with Crippen molar-refractivity contribution in [3.8, 4) is 0 Å². The van der Waals surface area contributed by atoms with Gasteiger partial charge in [-0.2, -0.15) is 0 Å². The van der Waals surface area contributed by atoms with Gasteiger partial charge >= 0.3 is 0 Å². The molecule has 1 aliphatic heterocycles. The maximum Gasteiger partial charge on any atom is 0.170 e. The maximum atomic E-state index is 5.62. The fraction of sp³-hybridized carbons (Fsp3) is 0.444. The number of hydrogen-bond donors (Lipinski definition) is 1. The second kappa shape index (κ2) is 6.91.